The fraction of sp³-hybridized carbons (Fsp3) is 0.318. The molecule has 1 unspecified atom stereocenters. The Hall–Kier alpha value is -2.93. The van der Waals surface area contributed by atoms with E-state index in [2.05, 4.69) is 21.0 Å². The van der Waals surface area contributed by atoms with Gasteiger partial charge in [0, 0.05) is 35.9 Å². The fourth-order valence-electron chi connectivity index (χ4n) is 4.00. The van der Waals surface area contributed by atoms with E-state index >= 15 is 0 Å². The van der Waals surface area contributed by atoms with Gasteiger partial charge in [-0.15, -0.1) is 0 Å². The molecule has 4 rings (SSSR count). The number of hydrogen-bond donors (Lipinski definition) is 1. The number of alkyl halides is 2. The molecule has 0 amide bonds. The van der Waals surface area contributed by atoms with E-state index in [0.29, 0.717) is 18.8 Å². The summed E-state index contributed by atoms with van der Waals surface area (Å²) in [5, 5.41) is 0.934. The summed E-state index contributed by atoms with van der Waals surface area (Å²) in [6, 6.07) is 12.6. The summed E-state index contributed by atoms with van der Waals surface area (Å²) >= 11 is 0. The van der Waals surface area contributed by atoms with Crippen molar-refractivity contribution in [3.8, 4) is 17.0 Å². The highest BCUT2D eigenvalue weighted by Gasteiger charge is 2.23. The third-order valence-electron chi connectivity index (χ3n) is 5.23. The topological polar surface area (TPSA) is 61.8 Å². The van der Waals surface area contributed by atoms with E-state index < -0.39 is 6.61 Å². The number of aliphatic imine (C=N–C) groups is 1. The average molecular weight is 399 g/mol. The Bertz CT molecular complexity index is 1010. The molecule has 2 heterocycles. The number of aromatic nitrogens is 1. The third-order valence-corrected chi connectivity index (χ3v) is 5.23. The van der Waals surface area contributed by atoms with Crippen molar-refractivity contribution in [2.75, 3.05) is 12.3 Å². The first-order valence-corrected chi connectivity index (χ1v) is 9.56. The van der Waals surface area contributed by atoms with E-state index in [-0.39, 0.29) is 11.9 Å². The van der Waals surface area contributed by atoms with Crippen molar-refractivity contribution < 1.29 is 18.3 Å². The van der Waals surface area contributed by atoms with Gasteiger partial charge in [0.25, 0.3) is 0 Å². The first-order chi connectivity index (χ1) is 14.1. The Morgan fingerprint density at radius 1 is 1.24 bits per heavy atom. The number of fused-ring (bicyclic) bond motifs is 1. The second kappa shape index (κ2) is 8.21. The molecule has 1 atom stereocenters. The summed E-state index contributed by atoms with van der Waals surface area (Å²) < 4.78 is 38.2. The summed E-state index contributed by atoms with van der Waals surface area (Å²) in [6.45, 7) is 2.54. The predicted molar refractivity (Wildman–Crippen MR) is 111 cm³/mol. The Labute approximate surface area is 167 Å². The van der Waals surface area contributed by atoms with E-state index in [1.165, 1.54) is 0 Å². The number of nitrogens with zero attached hydrogens (tertiary/aromatic N) is 2. The van der Waals surface area contributed by atoms with E-state index in [9.17, 15) is 8.78 Å². The molecule has 5 nitrogen and oxygen atoms in total. The van der Waals surface area contributed by atoms with E-state index in [0.717, 1.165) is 47.2 Å². The number of rotatable bonds is 7. The van der Waals surface area contributed by atoms with Crippen LogP contribution < -0.4 is 10.5 Å². The Kier molecular flexibility index (Phi) is 5.49. The quantitative estimate of drug-likeness (QED) is 0.455. The minimum Gasteiger partial charge on any atom is -0.435 e. The van der Waals surface area contributed by atoms with Gasteiger partial charge in [0.05, 0.1) is 23.9 Å². The fourth-order valence-corrected chi connectivity index (χ4v) is 4.00. The predicted octanol–water partition coefficient (Wildman–Crippen LogP) is 4.87. The highest BCUT2D eigenvalue weighted by atomic mass is 19.3. The van der Waals surface area contributed by atoms with Crippen LogP contribution in [0.3, 0.4) is 0 Å². The van der Waals surface area contributed by atoms with Gasteiger partial charge in [0.1, 0.15) is 5.75 Å². The molecule has 1 saturated heterocycles. The van der Waals surface area contributed by atoms with Gasteiger partial charge in [0.2, 0.25) is 0 Å². The van der Waals surface area contributed by atoms with Gasteiger partial charge >= 0.3 is 6.61 Å². The largest absolute Gasteiger partial charge is 0.435 e. The van der Waals surface area contributed by atoms with Crippen molar-refractivity contribution in [1.29, 1.82) is 0 Å². The zero-order valence-electron chi connectivity index (χ0n) is 16.0. The molecule has 0 radical (unpaired) electrons. The van der Waals surface area contributed by atoms with E-state index in [1.54, 1.807) is 18.2 Å². The summed E-state index contributed by atoms with van der Waals surface area (Å²) in [6.07, 6.45) is 2.05. The van der Waals surface area contributed by atoms with Crippen LogP contribution >= 0.6 is 0 Å². The molecule has 0 aliphatic carbocycles. The Balaban J connectivity index is 1.93. The van der Waals surface area contributed by atoms with Crippen LogP contribution in [0.2, 0.25) is 0 Å². The normalized spacial score (nSPS) is 16.6. The van der Waals surface area contributed by atoms with Gasteiger partial charge in [-0.25, -0.2) is 0 Å². The lowest BCUT2D eigenvalue weighted by Crippen LogP contribution is -2.16. The molecule has 0 saturated carbocycles. The molecule has 152 valence electrons. The van der Waals surface area contributed by atoms with Crippen molar-refractivity contribution >= 4 is 23.3 Å². The van der Waals surface area contributed by atoms with Crippen molar-refractivity contribution in [2.24, 2.45) is 4.99 Å². The molecule has 2 aromatic carbocycles. The van der Waals surface area contributed by atoms with Crippen molar-refractivity contribution in [2.45, 2.75) is 38.6 Å². The SMILES string of the molecule is C=NCc1c(-c2ccc(N)cc2)n(CC2CCCO2)c2cc(OC(F)F)ccc12. The molecule has 3 aromatic rings. The number of benzene rings is 2. The smallest absolute Gasteiger partial charge is 0.387 e. The summed E-state index contributed by atoms with van der Waals surface area (Å²) in [5.74, 6) is 0.126. The number of anilines is 1. The van der Waals surface area contributed by atoms with E-state index in [1.807, 2.05) is 24.3 Å². The van der Waals surface area contributed by atoms with Gasteiger partial charge in [-0.2, -0.15) is 8.78 Å². The number of nitrogen functional groups attached to an aromatic ring is 1. The van der Waals surface area contributed by atoms with Gasteiger partial charge in [-0.3, -0.25) is 4.99 Å². The minimum atomic E-state index is -2.88. The standard InChI is InChI=1S/C22H23F2N3O2/c1-26-12-19-18-9-8-16(29-22(23)24)11-20(18)27(13-17-3-2-10-28-17)21(19)14-4-6-15(25)7-5-14/h4-9,11,17,22H,1-3,10,12-13,25H2. The maximum Gasteiger partial charge on any atom is 0.387 e. The highest BCUT2D eigenvalue weighted by Crippen LogP contribution is 2.37. The van der Waals surface area contributed by atoms with Crippen molar-refractivity contribution in [1.82, 2.24) is 4.57 Å². The lowest BCUT2D eigenvalue weighted by atomic mass is 10.0. The molecular formula is C22H23F2N3O2. The van der Waals surface area contributed by atoms with Crippen LogP contribution in [0.1, 0.15) is 18.4 Å². The summed E-state index contributed by atoms with van der Waals surface area (Å²) in [7, 11) is 0. The van der Waals surface area contributed by atoms with Gasteiger partial charge < -0.3 is 19.8 Å². The maximum atomic E-state index is 12.8. The van der Waals surface area contributed by atoms with Crippen LogP contribution in [0.15, 0.2) is 47.5 Å². The molecule has 7 heteroatoms. The lowest BCUT2D eigenvalue weighted by molar-refractivity contribution is -0.0497. The number of hydrogen-bond acceptors (Lipinski definition) is 4. The molecule has 1 fully saturated rings. The van der Waals surface area contributed by atoms with Crippen LogP contribution in [0.25, 0.3) is 22.2 Å². The second-order valence-corrected chi connectivity index (χ2v) is 7.13. The first-order valence-electron chi connectivity index (χ1n) is 9.56. The number of halogens is 2. The molecule has 2 N–H and O–H groups in total. The van der Waals surface area contributed by atoms with Gasteiger partial charge in [-0.05, 0) is 49.4 Å². The van der Waals surface area contributed by atoms with Gasteiger partial charge in [-0.1, -0.05) is 12.1 Å². The molecule has 1 aromatic heterocycles. The average Bonchev–Trinajstić information content (AvgIpc) is 3.30. The summed E-state index contributed by atoms with van der Waals surface area (Å²) in [4.78, 5) is 4.11. The zero-order valence-corrected chi connectivity index (χ0v) is 16.0. The molecular weight excluding hydrogens is 376 g/mol. The molecule has 1 aliphatic heterocycles. The van der Waals surface area contributed by atoms with E-state index in [4.69, 9.17) is 10.5 Å². The van der Waals surface area contributed by atoms with Crippen molar-refractivity contribution in [3.63, 3.8) is 0 Å². The Morgan fingerprint density at radius 3 is 2.69 bits per heavy atom. The number of nitrogens with two attached hydrogens (primary N) is 1. The Morgan fingerprint density at radius 2 is 2.03 bits per heavy atom. The monoisotopic (exact) mass is 399 g/mol. The van der Waals surface area contributed by atoms with Crippen molar-refractivity contribution in [3.05, 3.63) is 48.0 Å². The van der Waals surface area contributed by atoms with Crippen LogP contribution in [0, 0.1) is 0 Å². The van der Waals surface area contributed by atoms with Crippen LogP contribution in [-0.2, 0) is 17.8 Å². The summed E-state index contributed by atoms with van der Waals surface area (Å²) in [5.41, 5.74) is 10.3. The van der Waals surface area contributed by atoms with Crippen LogP contribution in [-0.4, -0.2) is 30.6 Å². The zero-order chi connectivity index (χ0) is 20.4. The van der Waals surface area contributed by atoms with Gasteiger partial charge in [0.15, 0.2) is 0 Å². The third kappa shape index (κ3) is 3.96. The molecule has 29 heavy (non-hydrogen) atoms. The minimum absolute atomic E-state index is 0.0716. The highest BCUT2D eigenvalue weighted by molar-refractivity contribution is 5.93. The first kappa shape index (κ1) is 19.4. The lowest BCUT2D eigenvalue weighted by Gasteiger charge is -2.17. The maximum absolute atomic E-state index is 12.8. The second-order valence-electron chi connectivity index (χ2n) is 7.13. The van der Waals surface area contributed by atoms with Crippen LogP contribution in [0.5, 0.6) is 5.75 Å². The molecule has 1 aliphatic rings. The molecule has 0 spiro atoms. The molecule has 0 bridgehead atoms. The number of ether oxygens (including phenoxy) is 2. The van der Waals surface area contributed by atoms with Crippen LogP contribution in [0.4, 0.5) is 14.5 Å².